The summed E-state index contributed by atoms with van der Waals surface area (Å²) in [6.07, 6.45) is 4.06. The molecule has 1 heterocycles. The summed E-state index contributed by atoms with van der Waals surface area (Å²) in [5, 5.41) is 30.4. The van der Waals surface area contributed by atoms with E-state index in [2.05, 4.69) is 13.5 Å². The maximum absolute atomic E-state index is 13.2. The average Bonchev–Trinajstić information content (AvgIpc) is 2.57. The number of rotatable bonds is 3. The van der Waals surface area contributed by atoms with Gasteiger partial charge >= 0.3 is 0 Å². The third-order valence-corrected chi connectivity index (χ3v) is 7.69. The van der Waals surface area contributed by atoms with Gasteiger partial charge in [0.05, 0.1) is 24.9 Å². The number of ether oxygens (including phenoxy) is 1. The minimum Gasteiger partial charge on any atom is -0.396 e. The van der Waals surface area contributed by atoms with Crippen LogP contribution < -0.4 is 0 Å². The molecule has 0 aromatic heterocycles. The van der Waals surface area contributed by atoms with Gasteiger partial charge in [-0.05, 0) is 43.9 Å². The Morgan fingerprint density at radius 1 is 1.20 bits per heavy atom. The van der Waals surface area contributed by atoms with Crippen LogP contribution in [-0.2, 0) is 9.53 Å². The van der Waals surface area contributed by atoms with Crippen molar-refractivity contribution in [3.63, 3.8) is 0 Å². The quantitative estimate of drug-likeness (QED) is 0.675. The third-order valence-electron chi connectivity index (χ3n) is 7.69. The number of carbonyl (C=O) groups is 1. The number of aliphatic hydroxyl groups is 3. The molecule has 0 aromatic carbocycles. The van der Waals surface area contributed by atoms with Gasteiger partial charge < -0.3 is 20.1 Å². The zero-order valence-corrected chi connectivity index (χ0v) is 15.6. The number of hydrogen-bond acceptors (Lipinski definition) is 5. The largest absolute Gasteiger partial charge is 0.396 e. The van der Waals surface area contributed by atoms with Gasteiger partial charge in [-0.1, -0.05) is 19.9 Å². The summed E-state index contributed by atoms with van der Waals surface area (Å²) in [5.74, 6) is -0.184. The molecule has 0 amide bonds. The van der Waals surface area contributed by atoms with Crippen LogP contribution in [0, 0.1) is 22.7 Å². The van der Waals surface area contributed by atoms with Gasteiger partial charge in [-0.3, -0.25) is 4.79 Å². The van der Waals surface area contributed by atoms with E-state index in [1.54, 1.807) is 6.08 Å². The molecule has 0 spiro atoms. The van der Waals surface area contributed by atoms with Crippen molar-refractivity contribution in [2.75, 3.05) is 13.2 Å². The molecule has 2 saturated carbocycles. The first-order chi connectivity index (χ1) is 11.6. The molecule has 3 aliphatic rings. The van der Waals surface area contributed by atoms with Gasteiger partial charge in [-0.25, -0.2) is 0 Å². The van der Waals surface area contributed by atoms with E-state index in [-0.39, 0.29) is 42.7 Å². The Hall–Kier alpha value is -0.750. The van der Waals surface area contributed by atoms with Crippen LogP contribution in [0.15, 0.2) is 12.7 Å². The molecule has 2 aliphatic carbocycles. The van der Waals surface area contributed by atoms with Gasteiger partial charge in [0.25, 0.3) is 0 Å². The van der Waals surface area contributed by atoms with Crippen LogP contribution in [0.25, 0.3) is 0 Å². The van der Waals surface area contributed by atoms with Crippen LogP contribution in [0.2, 0.25) is 0 Å². The Morgan fingerprint density at radius 2 is 1.88 bits per heavy atom. The van der Waals surface area contributed by atoms with Gasteiger partial charge in [-0.15, -0.1) is 6.58 Å². The van der Waals surface area contributed by atoms with Crippen molar-refractivity contribution < 1.29 is 24.9 Å². The predicted molar refractivity (Wildman–Crippen MR) is 93.9 cm³/mol. The standard InChI is InChI=1S/C20H32O5/c1-5-20(12-22)9-6-14-17(2)8-7-15(24)18(3,11-21)16(17)13(23)10-19(14,4)25-20/h5,14-16,21-22,24H,1,6-12H2,2-4H3/t14-,15-,16-,17+,18+,19+,20-/m1/s1. The highest BCUT2D eigenvalue weighted by Gasteiger charge is 2.67. The average molecular weight is 352 g/mol. The molecule has 0 unspecified atom stereocenters. The molecule has 142 valence electrons. The molecule has 25 heavy (non-hydrogen) atoms. The molecule has 3 rings (SSSR count). The van der Waals surface area contributed by atoms with Crippen molar-refractivity contribution in [1.29, 1.82) is 0 Å². The lowest BCUT2D eigenvalue weighted by molar-refractivity contribution is -0.264. The van der Waals surface area contributed by atoms with E-state index in [0.29, 0.717) is 12.8 Å². The van der Waals surface area contributed by atoms with Crippen molar-refractivity contribution in [2.24, 2.45) is 22.7 Å². The first-order valence-electron chi connectivity index (χ1n) is 9.37. The Labute approximate surface area is 150 Å². The van der Waals surface area contributed by atoms with Crippen molar-refractivity contribution in [3.8, 4) is 0 Å². The molecule has 3 N–H and O–H groups in total. The van der Waals surface area contributed by atoms with Gasteiger partial charge in [-0.2, -0.15) is 0 Å². The fraction of sp³-hybridized carbons (Fsp3) is 0.850. The lowest BCUT2D eigenvalue weighted by atomic mass is 9.43. The fourth-order valence-electron chi connectivity index (χ4n) is 6.41. The molecule has 0 aromatic rings. The van der Waals surface area contributed by atoms with Crippen LogP contribution >= 0.6 is 0 Å². The lowest BCUT2D eigenvalue weighted by Crippen LogP contribution is -2.69. The summed E-state index contributed by atoms with van der Waals surface area (Å²) >= 11 is 0. The minimum absolute atomic E-state index is 0.0503. The van der Waals surface area contributed by atoms with Crippen molar-refractivity contribution in [1.82, 2.24) is 0 Å². The molecule has 0 radical (unpaired) electrons. The number of aliphatic hydroxyl groups excluding tert-OH is 3. The number of Topliss-reactive ketones (excluding diaryl/α,β-unsaturated/α-hetero) is 1. The van der Waals surface area contributed by atoms with Gasteiger partial charge in [0.15, 0.2) is 0 Å². The summed E-state index contributed by atoms with van der Waals surface area (Å²) in [4.78, 5) is 13.2. The van der Waals surface area contributed by atoms with E-state index in [1.807, 2.05) is 13.8 Å². The predicted octanol–water partition coefficient (Wildman–Crippen LogP) is 1.84. The van der Waals surface area contributed by atoms with Crippen LogP contribution in [0.1, 0.15) is 52.9 Å². The molecule has 5 heteroatoms. The van der Waals surface area contributed by atoms with Crippen LogP contribution in [0.3, 0.4) is 0 Å². The Balaban J connectivity index is 2.04. The van der Waals surface area contributed by atoms with E-state index in [4.69, 9.17) is 4.74 Å². The Bertz CT molecular complexity index is 576. The molecular weight excluding hydrogens is 320 g/mol. The molecule has 7 atom stereocenters. The molecule has 1 saturated heterocycles. The monoisotopic (exact) mass is 352 g/mol. The minimum atomic E-state index is -0.810. The summed E-state index contributed by atoms with van der Waals surface area (Å²) in [6.45, 7) is 9.43. The second-order valence-corrected chi connectivity index (χ2v) is 9.23. The molecule has 5 nitrogen and oxygen atoms in total. The summed E-state index contributed by atoms with van der Waals surface area (Å²) in [5.41, 5.74) is -2.59. The smallest absolute Gasteiger partial charge is 0.140 e. The Kier molecular flexibility index (Phi) is 4.47. The molecular formula is C20H32O5. The number of fused-ring (bicyclic) bond motifs is 3. The first-order valence-corrected chi connectivity index (χ1v) is 9.37. The highest BCUT2D eigenvalue weighted by molar-refractivity contribution is 5.85. The SMILES string of the molecule is C=C[C@]1(CO)CC[C@@H]2[C@]3(C)CC[C@@H](O)[C@](C)(CO)[C@@H]3C(=O)C[C@]2(C)O1. The van der Waals surface area contributed by atoms with E-state index < -0.39 is 22.7 Å². The zero-order valence-electron chi connectivity index (χ0n) is 15.6. The second-order valence-electron chi connectivity index (χ2n) is 9.23. The maximum atomic E-state index is 13.2. The Morgan fingerprint density at radius 3 is 2.44 bits per heavy atom. The highest BCUT2D eigenvalue weighted by atomic mass is 16.5. The highest BCUT2D eigenvalue weighted by Crippen LogP contribution is 2.64. The zero-order chi connectivity index (χ0) is 18.7. The summed E-state index contributed by atoms with van der Waals surface area (Å²) in [7, 11) is 0. The lowest BCUT2D eigenvalue weighted by Gasteiger charge is -2.65. The van der Waals surface area contributed by atoms with Gasteiger partial charge in [0, 0.05) is 17.8 Å². The van der Waals surface area contributed by atoms with E-state index in [0.717, 1.165) is 12.8 Å². The van der Waals surface area contributed by atoms with E-state index >= 15 is 0 Å². The van der Waals surface area contributed by atoms with E-state index in [1.165, 1.54) is 0 Å². The van der Waals surface area contributed by atoms with Gasteiger partial charge in [0.1, 0.15) is 11.4 Å². The summed E-state index contributed by atoms with van der Waals surface area (Å²) in [6, 6.07) is 0. The normalized spacial score (nSPS) is 53.0. The topological polar surface area (TPSA) is 87.0 Å². The number of hydrogen-bond donors (Lipinski definition) is 3. The van der Waals surface area contributed by atoms with Crippen molar-refractivity contribution in [3.05, 3.63) is 12.7 Å². The van der Waals surface area contributed by atoms with Crippen LogP contribution in [0.4, 0.5) is 0 Å². The van der Waals surface area contributed by atoms with Crippen LogP contribution in [-0.4, -0.2) is 51.6 Å². The molecule has 0 bridgehead atoms. The first kappa shape index (κ1) is 19.0. The third kappa shape index (κ3) is 2.47. The molecule has 1 aliphatic heterocycles. The number of ketones is 1. The van der Waals surface area contributed by atoms with Crippen molar-refractivity contribution in [2.45, 2.75) is 70.2 Å². The van der Waals surface area contributed by atoms with Crippen molar-refractivity contribution >= 4 is 5.78 Å². The fourth-order valence-corrected chi connectivity index (χ4v) is 6.41. The second kappa shape index (κ2) is 5.88. The maximum Gasteiger partial charge on any atom is 0.140 e. The van der Waals surface area contributed by atoms with E-state index in [9.17, 15) is 20.1 Å². The van der Waals surface area contributed by atoms with Gasteiger partial charge in [0.2, 0.25) is 0 Å². The van der Waals surface area contributed by atoms with Crippen LogP contribution in [0.5, 0.6) is 0 Å². The summed E-state index contributed by atoms with van der Waals surface area (Å²) < 4.78 is 6.36. The molecule has 3 fully saturated rings. The number of carbonyl (C=O) groups excluding carboxylic acids is 1.